The Hall–Kier alpha value is -1.14. The third kappa shape index (κ3) is 3.45. The lowest BCUT2D eigenvalue weighted by Gasteiger charge is -2.14. The third-order valence-electron chi connectivity index (χ3n) is 3.31. The van der Waals surface area contributed by atoms with Gasteiger partial charge in [-0.15, -0.1) is 0 Å². The number of aliphatic hydroxyl groups is 2. The van der Waals surface area contributed by atoms with Crippen LogP contribution in [0.4, 0.5) is 0 Å². The molecule has 0 unspecified atom stereocenters. The molecular formula is C14H20O5. The predicted octanol–water partition coefficient (Wildman–Crippen LogP) is 0.721. The molecule has 1 aromatic carbocycles. The summed E-state index contributed by atoms with van der Waals surface area (Å²) in [5.74, 6) is 0.801. The van der Waals surface area contributed by atoms with Crippen molar-refractivity contribution in [3.63, 3.8) is 0 Å². The molecule has 1 aromatic rings. The van der Waals surface area contributed by atoms with Crippen molar-refractivity contribution in [3.8, 4) is 5.75 Å². The van der Waals surface area contributed by atoms with Crippen LogP contribution in [0, 0.1) is 0 Å². The summed E-state index contributed by atoms with van der Waals surface area (Å²) in [6, 6.07) is 7.57. The summed E-state index contributed by atoms with van der Waals surface area (Å²) in [5.41, 5.74) is 1.02. The summed E-state index contributed by atoms with van der Waals surface area (Å²) in [4.78, 5) is 0. The van der Waals surface area contributed by atoms with Crippen LogP contribution in [0.2, 0.25) is 0 Å². The highest BCUT2D eigenvalue weighted by Gasteiger charge is 2.40. The fraction of sp³-hybridized carbons (Fsp3) is 0.571. The van der Waals surface area contributed by atoms with Crippen LogP contribution < -0.4 is 4.74 Å². The van der Waals surface area contributed by atoms with Gasteiger partial charge in [0.15, 0.2) is 0 Å². The molecule has 1 aliphatic rings. The maximum atomic E-state index is 9.72. The van der Waals surface area contributed by atoms with E-state index in [1.165, 1.54) is 0 Å². The molecule has 1 saturated heterocycles. The first-order valence-corrected chi connectivity index (χ1v) is 6.34. The second kappa shape index (κ2) is 6.34. The topological polar surface area (TPSA) is 68.2 Å². The van der Waals surface area contributed by atoms with Gasteiger partial charge in [0, 0.05) is 0 Å². The van der Waals surface area contributed by atoms with Crippen LogP contribution in [-0.4, -0.2) is 48.3 Å². The Balaban J connectivity index is 1.77. The van der Waals surface area contributed by atoms with Crippen molar-refractivity contribution < 1.29 is 24.4 Å². The second-order valence-corrected chi connectivity index (χ2v) is 4.72. The lowest BCUT2D eigenvalue weighted by Crippen LogP contribution is -2.33. The zero-order valence-corrected chi connectivity index (χ0v) is 11.2. The Labute approximate surface area is 112 Å². The molecule has 0 spiro atoms. The summed E-state index contributed by atoms with van der Waals surface area (Å²) in [7, 11) is 1.62. The van der Waals surface area contributed by atoms with Gasteiger partial charge in [0.1, 0.15) is 24.1 Å². The summed E-state index contributed by atoms with van der Waals surface area (Å²) in [5, 5.41) is 19.3. The van der Waals surface area contributed by atoms with Crippen LogP contribution in [0.15, 0.2) is 24.3 Å². The number of hydrogen-bond acceptors (Lipinski definition) is 5. The number of aliphatic hydroxyl groups excluding tert-OH is 2. The van der Waals surface area contributed by atoms with Crippen molar-refractivity contribution in [1.29, 1.82) is 0 Å². The van der Waals surface area contributed by atoms with E-state index in [1.54, 1.807) is 14.0 Å². The first-order chi connectivity index (χ1) is 9.11. The lowest BCUT2D eigenvalue weighted by atomic mass is 10.1. The number of ether oxygens (including phenoxy) is 3. The van der Waals surface area contributed by atoms with Gasteiger partial charge in [0.2, 0.25) is 0 Å². The van der Waals surface area contributed by atoms with Crippen molar-refractivity contribution in [2.45, 2.75) is 37.9 Å². The Morgan fingerprint density at radius 2 is 1.84 bits per heavy atom. The lowest BCUT2D eigenvalue weighted by molar-refractivity contribution is -0.0449. The van der Waals surface area contributed by atoms with Gasteiger partial charge in [0.05, 0.1) is 26.4 Å². The van der Waals surface area contributed by atoms with Crippen molar-refractivity contribution in [2.75, 3.05) is 13.7 Å². The van der Waals surface area contributed by atoms with E-state index in [0.29, 0.717) is 6.61 Å². The zero-order chi connectivity index (χ0) is 13.8. The highest BCUT2D eigenvalue weighted by molar-refractivity contribution is 5.26. The molecular weight excluding hydrogens is 248 g/mol. The minimum atomic E-state index is -0.883. The van der Waals surface area contributed by atoms with Crippen LogP contribution in [0.3, 0.4) is 0 Å². The van der Waals surface area contributed by atoms with E-state index in [0.717, 1.165) is 11.3 Å². The average Bonchev–Trinajstić information content (AvgIpc) is 2.67. The van der Waals surface area contributed by atoms with Crippen LogP contribution >= 0.6 is 0 Å². The Morgan fingerprint density at radius 1 is 1.16 bits per heavy atom. The predicted molar refractivity (Wildman–Crippen MR) is 69.0 cm³/mol. The molecule has 0 radical (unpaired) electrons. The zero-order valence-electron chi connectivity index (χ0n) is 11.2. The van der Waals surface area contributed by atoms with Crippen molar-refractivity contribution in [2.24, 2.45) is 0 Å². The quantitative estimate of drug-likeness (QED) is 0.823. The van der Waals surface area contributed by atoms with E-state index in [1.807, 2.05) is 24.3 Å². The maximum Gasteiger partial charge on any atom is 0.118 e. The van der Waals surface area contributed by atoms with Gasteiger partial charge >= 0.3 is 0 Å². The highest BCUT2D eigenvalue weighted by Crippen LogP contribution is 2.21. The van der Waals surface area contributed by atoms with Crippen molar-refractivity contribution in [3.05, 3.63) is 29.8 Å². The van der Waals surface area contributed by atoms with E-state index in [9.17, 15) is 10.2 Å². The largest absolute Gasteiger partial charge is 0.497 e. The maximum absolute atomic E-state index is 9.72. The smallest absolute Gasteiger partial charge is 0.118 e. The molecule has 4 atom stereocenters. The number of methoxy groups -OCH3 is 1. The third-order valence-corrected chi connectivity index (χ3v) is 3.31. The standard InChI is InChI=1S/C14H20O5/c1-9-13(15)14(16)12(19-9)8-18-7-10-3-5-11(17-2)6-4-10/h3-6,9,12-16H,7-8H2,1-2H3/t9-,12+,13-,14+/m0/s1. The van der Waals surface area contributed by atoms with E-state index >= 15 is 0 Å². The molecule has 0 bridgehead atoms. The molecule has 5 nitrogen and oxygen atoms in total. The molecule has 2 N–H and O–H groups in total. The molecule has 2 rings (SSSR count). The molecule has 1 heterocycles. The van der Waals surface area contributed by atoms with Crippen LogP contribution in [0.5, 0.6) is 5.75 Å². The molecule has 0 saturated carbocycles. The Bertz CT molecular complexity index is 391. The molecule has 5 heteroatoms. The van der Waals surface area contributed by atoms with Gasteiger partial charge in [-0.25, -0.2) is 0 Å². The van der Waals surface area contributed by atoms with Gasteiger partial charge < -0.3 is 24.4 Å². The first-order valence-electron chi connectivity index (χ1n) is 6.34. The van der Waals surface area contributed by atoms with Crippen LogP contribution in [0.1, 0.15) is 12.5 Å². The summed E-state index contributed by atoms with van der Waals surface area (Å²) in [6.07, 6.45) is -2.55. The van der Waals surface area contributed by atoms with E-state index < -0.39 is 18.3 Å². The average molecular weight is 268 g/mol. The molecule has 106 valence electrons. The summed E-state index contributed by atoms with van der Waals surface area (Å²) >= 11 is 0. The molecule has 0 aliphatic carbocycles. The fourth-order valence-electron chi connectivity index (χ4n) is 2.09. The minimum absolute atomic E-state index is 0.259. The van der Waals surface area contributed by atoms with E-state index in [2.05, 4.69) is 0 Å². The minimum Gasteiger partial charge on any atom is -0.497 e. The summed E-state index contributed by atoms with van der Waals surface area (Å²) in [6.45, 7) is 2.42. The number of hydrogen-bond donors (Lipinski definition) is 2. The van der Waals surface area contributed by atoms with Gasteiger partial charge in [-0.2, -0.15) is 0 Å². The number of rotatable bonds is 5. The monoisotopic (exact) mass is 268 g/mol. The van der Waals surface area contributed by atoms with Crippen molar-refractivity contribution >= 4 is 0 Å². The first kappa shape index (κ1) is 14.3. The second-order valence-electron chi connectivity index (χ2n) is 4.72. The Kier molecular flexibility index (Phi) is 4.76. The Morgan fingerprint density at radius 3 is 2.37 bits per heavy atom. The summed E-state index contributed by atoms with van der Waals surface area (Å²) < 4.78 is 16.0. The van der Waals surface area contributed by atoms with Crippen LogP contribution in [0.25, 0.3) is 0 Å². The normalized spacial score (nSPS) is 30.5. The SMILES string of the molecule is COc1ccc(COC[C@H]2O[C@@H](C)[C@H](O)[C@@H]2O)cc1. The van der Waals surface area contributed by atoms with Gasteiger partial charge in [0.25, 0.3) is 0 Å². The highest BCUT2D eigenvalue weighted by atomic mass is 16.6. The van der Waals surface area contributed by atoms with Crippen LogP contribution in [-0.2, 0) is 16.1 Å². The van der Waals surface area contributed by atoms with Crippen molar-refractivity contribution in [1.82, 2.24) is 0 Å². The molecule has 1 fully saturated rings. The van der Waals surface area contributed by atoms with Gasteiger partial charge in [-0.05, 0) is 24.6 Å². The molecule has 0 aromatic heterocycles. The molecule has 1 aliphatic heterocycles. The van der Waals surface area contributed by atoms with Gasteiger partial charge in [-0.1, -0.05) is 12.1 Å². The van der Waals surface area contributed by atoms with Gasteiger partial charge in [-0.3, -0.25) is 0 Å². The molecule has 19 heavy (non-hydrogen) atoms. The van der Waals surface area contributed by atoms with E-state index in [-0.39, 0.29) is 12.7 Å². The number of benzene rings is 1. The molecule has 0 amide bonds. The fourth-order valence-corrected chi connectivity index (χ4v) is 2.09. The van der Waals surface area contributed by atoms with E-state index in [4.69, 9.17) is 14.2 Å².